The number of hydrogen-bond donors (Lipinski definition) is 0. The van der Waals surface area contributed by atoms with Crippen LogP contribution >= 0.6 is 0 Å². The average Bonchev–Trinajstić information content (AvgIpc) is 2.34. The molecule has 0 spiro atoms. The van der Waals surface area contributed by atoms with E-state index in [4.69, 9.17) is 4.74 Å². The quantitative estimate of drug-likeness (QED) is 0.785. The van der Waals surface area contributed by atoms with Crippen molar-refractivity contribution in [2.45, 2.75) is 13.5 Å². The van der Waals surface area contributed by atoms with Gasteiger partial charge in [-0.3, -0.25) is 4.90 Å². The maximum absolute atomic E-state index is 5.12. The zero-order valence-electron chi connectivity index (χ0n) is 10.9. The van der Waals surface area contributed by atoms with Gasteiger partial charge in [-0.05, 0) is 19.5 Å². The summed E-state index contributed by atoms with van der Waals surface area (Å²) in [6.45, 7) is 7.64. The molecule has 17 heavy (non-hydrogen) atoms. The SMILES string of the molecule is COc1ccc(CN2CCN(C)CC2)c(C)n1. The number of piperazine rings is 1. The molecule has 0 N–H and O–H groups in total. The first-order valence-electron chi connectivity index (χ1n) is 6.10. The second-order valence-electron chi connectivity index (χ2n) is 4.68. The maximum Gasteiger partial charge on any atom is 0.213 e. The molecule has 1 aromatic heterocycles. The Hall–Kier alpha value is -1.13. The van der Waals surface area contributed by atoms with Gasteiger partial charge in [-0.2, -0.15) is 0 Å². The van der Waals surface area contributed by atoms with E-state index in [1.54, 1.807) is 7.11 Å². The van der Waals surface area contributed by atoms with Crippen LogP contribution in [0.3, 0.4) is 0 Å². The lowest BCUT2D eigenvalue weighted by Gasteiger charge is -2.32. The Bertz CT molecular complexity index is 373. The smallest absolute Gasteiger partial charge is 0.213 e. The maximum atomic E-state index is 5.12. The Kier molecular flexibility index (Phi) is 3.97. The van der Waals surface area contributed by atoms with Crippen molar-refractivity contribution in [2.24, 2.45) is 0 Å². The minimum absolute atomic E-state index is 0.699. The standard InChI is InChI=1S/C13H21N3O/c1-11-12(4-5-13(14-11)17-3)10-16-8-6-15(2)7-9-16/h4-5H,6-10H2,1-3H3. The van der Waals surface area contributed by atoms with E-state index >= 15 is 0 Å². The van der Waals surface area contributed by atoms with Crippen LogP contribution in [0.4, 0.5) is 0 Å². The molecule has 1 aliphatic heterocycles. The van der Waals surface area contributed by atoms with Crippen LogP contribution < -0.4 is 4.74 Å². The predicted octanol–water partition coefficient (Wildman–Crippen LogP) is 1.15. The minimum atomic E-state index is 0.699. The first-order chi connectivity index (χ1) is 8.19. The number of hydrogen-bond acceptors (Lipinski definition) is 4. The molecule has 94 valence electrons. The summed E-state index contributed by atoms with van der Waals surface area (Å²) >= 11 is 0. The van der Waals surface area contributed by atoms with E-state index in [0.717, 1.165) is 38.4 Å². The second kappa shape index (κ2) is 5.47. The topological polar surface area (TPSA) is 28.6 Å². The van der Waals surface area contributed by atoms with E-state index < -0.39 is 0 Å². The van der Waals surface area contributed by atoms with Crippen LogP contribution in [0.1, 0.15) is 11.3 Å². The van der Waals surface area contributed by atoms with Crippen LogP contribution in [0, 0.1) is 6.92 Å². The molecule has 2 rings (SSSR count). The van der Waals surface area contributed by atoms with Crippen LogP contribution in [0.5, 0.6) is 5.88 Å². The molecule has 0 atom stereocenters. The molecule has 1 aliphatic rings. The summed E-state index contributed by atoms with van der Waals surface area (Å²) in [5.41, 5.74) is 2.37. The highest BCUT2D eigenvalue weighted by molar-refractivity contribution is 5.24. The third-order valence-electron chi connectivity index (χ3n) is 3.37. The molecule has 4 heteroatoms. The van der Waals surface area contributed by atoms with E-state index in [1.165, 1.54) is 5.56 Å². The Labute approximate surface area is 103 Å². The Morgan fingerprint density at radius 2 is 1.94 bits per heavy atom. The summed E-state index contributed by atoms with van der Waals surface area (Å²) < 4.78 is 5.12. The number of pyridine rings is 1. The summed E-state index contributed by atoms with van der Waals surface area (Å²) in [4.78, 5) is 9.27. The van der Waals surface area contributed by atoms with E-state index in [-0.39, 0.29) is 0 Å². The van der Waals surface area contributed by atoms with Crippen LogP contribution in [0.2, 0.25) is 0 Å². The third-order valence-corrected chi connectivity index (χ3v) is 3.37. The molecule has 0 aromatic carbocycles. The molecule has 1 fully saturated rings. The second-order valence-corrected chi connectivity index (χ2v) is 4.68. The van der Waals surface area contributed by atoms with Crippen molar-refractivity contribution in [3.05, 3.63) is 23.4 Å². The van der Waals surface area contributed by atoms with Crippen molar-refractivity contribution >= 4 is 0 Å². The van der Waals surface area contributed by atoms with Gasteiger partial charge in [-0.15, -0.1) is 0 Å². The van der Waals surface area contributed by atoms with E-state index in [1.807, 2.05) is 13.0 Å². The Morgan fingerprint density at radius 3 is 2.53 bits per heavy atom. The van der Waals surface area contributed by atoms with Crippen molar-refractivity contribution in [1.82, 2.24) is 14.8 Å². The molecule has 0 amide bonds. The van der Waals surface area contributed by atoms with Gasteiger partial charge in [0, 0.05) is 44.5 Å². The van der Waals surface area contributed by atoms with Crippen molar-refractivity contribution in [3.8, 4) is 5.88 Å². The van der Waals surface area contributed by atoms with Crippen molar-refractivity contribution in [1.29, 1.82) is 0 Å². The highest BCUT2D eigenvalue weighted by Crippen LogP contribution is 2.14. The largest absolute Gasteiger partial charge is 0.481 e. The molecule has 0 bridgehead atoms. The Balaban J connectivity index is 1.99. The number of likely N-dealkylation sites (N-methyl/N-ethyl adjacent to an activating group) is 1. The number of methoxy groups -OCH3 is 1. The lowest BCUT2D eigenvalue weighted by molar-refractivity contribution is 0.148. The zero-order valence-corrected chi connectivity index (χ0v) is 10.9. The van der Waals surface area contributed by atoms with E-state index in [9.17, 15) is 0 Å². The average molecular weight is 235 g/mol. The number of aryl methyl sites for hydroxylation is 1. The van der Waals surface area contributed by atoms with Crippen LogP contribution in [-0.2, 0) is 6.54 Å². The number of ether oxygens (including phenoxy) is 1. The zero-order chi connectivity index (χ0) is 12.3. The van der Waals surface area contributed by atoms with Crippen molar-refractivity contribution < 1.29 is 4.74 Å². The normalized spacial score (nSPS) is 18.3. The first kappa shape index (κ1) is 12.3. The van der Waals surface area contributed by atoms with Gasteiger partial charge in [0.15, 0.2) is 0 Å². The van der Waals surface area contributed by atoms with Gasteiger partial charge in [0.25, 0.3) is 0 Å². The van der Waals surface area contributed by atoms with Gasteiger partial charge < -0.3 is 9.64 Å². The van der Waals surface area contributed by atoms with Crippen LogP contribution in [0.25, 0.3) is 0 Å². The molecule has 1 aromatic rings. The molecule has 2 heterocycles. The first-order valence-corrected chi connectivity index (χ1v) is 6.10. The minimum Gasteiger partial charge on any atom is -0.481 e. The number of nitrogens with zero attached hydrogens (tertiary/aromatic N) is 3. The Morgan fingerprint density at radius 1 is 1.24 bits per heavy atom. The van der Waals surface area contributed by atoms with Crippen LogP contribution in [0.15, 0.2) is 12.1 Å². The van der Waals surface area contributed by atoms with E-state index in [2.05, 4.69) is 27.9 Å². The summed E-state index contributed by atoms with van der Waals surface area (Å²) in [5, 5.41) is 0. The molecule has 0 unspecified atom stereocenters. The number of aromatic nitrogens is 1. The lowest BCUT2D eigenvalue weighted by Crippen LogP contribution is -2.44. The molecule has 0 aliphatic carbocycles. The predicted molar refractivity (Wildman–Crippen MR) is 68.3 cm³/mol. The van der Waals surface area contributed by atoms with Crippen molar-refractivity contribution in [2.75, 3.05) is 40.3 Å². The highest BCUT2D eigenvalue weighted by atomic mass is 16.5. The van der Waals surface area contributed by atoms with Gasteiger partial charge >= 0.3 is 0 Å². The fourth-order valence-electron chi connectivity index (χ4n) is 2.09. The van der Waals surface area contributed by atoms with Gasteiger partial charge in [-0.25, -0.2) is 4.98 Å². The lowest BCUT2D eigenvalue weighted by atomic mass is 10.2. The summed E-state index contributed by atoms with van der Waals surface area (Å²) in [6, 6.07) is 4.07. The molecule has 1 saturated heterocycles. The van der Waals surface area contributed by atoms with E-state index in [0.29, 0.717) is 5.88 Å². The third kappa shape index (κ3) is 3.17. The fourth-order valence-corrected chi connectivity index (χ4v) is 2.09. The van der Waals surface area contributed by atoms with Gasteiger partial charge in [-0.1, -0.05) is 6.07 Å². The summed E-state index contributed by atoms with van der Waals surface area (Å²) in [7, 11) is 3.83. The molecular formula is C13H21N3O. The van der Waals surface area contributed by atoms with Gasteiger partial charge in [0.05, 0.1) is 7.11 Å². The molecule has 0 saturated carbocycles. The van der Waals surface area contributed by atoms with Gasteiger partial charge in [0.1, 0.15) is 0 Å². The molecular weight excluding hydrogens is 214 g/mol. The van der Waals surface area contributed by atoms with Crippen molar-refractivity contribution in [3.63, 3.8) is 0 Å². The fraction of sp³-hybridized carbons (Fsp3) is 0.615. The summed E-state index contributed by atoms with van der Waals surface area (Å²) in [6.07, 6.45) is 0. The highest BCUT2D eigenvalue weighted by Gasteiger charge is 2.15. The molecule has 0 radical (unpaired) electrons. The molecule has 4 nitrogen and oxygen atoms in total. The number of rotatable bonds is 3. The van der Waals surface area contributed by atoms with Gasteiger partial charge in [0.2, 0.25) is 5.88 Å². The monoisotopic (exact) mass is 235 g/mol. The van der Waals surface area contributed by atoms with Crippen LogP contribution in [-0.4, -0.2) is 55.1 Å². The summed E-state index contributed by atoms with van der Waals surface area (Å²) in [5.74, 6) is 0.699.